The number of carbonyl (C=O) groups is 2. The predicted molar refractivity (Wildman–Crippen MR) is 116 cm³/mol. The van der Waals surface area contributed by atoms with Crippen LogP contribution in [0.4, 0.5) is 5.69 Å². The van der Waals surface area contributed by atoms with E-state index in [1.807, 2.05) is 30.3 Å². The van der Waals surface area contributed by atoms with Gasteiger partial charge in [0.25, 0.3) is 11.8 Å². The first kappa shape index (κ1) is 20.9. The highest BCUT2D eigenvalue weighted by Crippen LogP contribution is 2.21. The van der Waals surface area contributed by atoms with E-state index < -0.39 is 6.10 Å². The number of benzene rings is 3. The van der Waals surface area contributed by atoms with Crippen LogP contribution in [-0.2, 0) is 11.3 Å². The van der Waals surface area contributed by atoms with Gasteiger partial charge >= 0.3 is 0 Å². The van der Waals surface area contributed by atoms with E-state index in [-0.39, 0.29) is 11.8 Å². The molecule has 154 valence electrons. The van der Waals surface area contributed by atoms with Gasteiger partial charge in [0.15, 0.2) is 6.10 Å². The minimum absolute atomic E-state index is 0.266. The van der Waals surface area contributed by atoms with Crippen molar-refractivity contribution in [2.75, 3.05) is 12.4 Å². The molecule has 0 aliphatic rings. The lowest BCUT2D eigenvalue weighted by Gasteiger charge is -2.17. The summed E-state index contributed by atoms with van der Waals surface area (Å²) in [6.07, 6.45) is -0.796. The van der Waals surface area contributed by atoms with Gasteiger partial charge < -0.3 is 20.1 Å². The van der Waals surface area contributed by atoms with Crippen LogP contribution in [0.25, 0.3) is 0 Å². The van der Waals surface area contributed by atoms with Gasteiger partial charge in [-0.25, -0.2) is 0 Å². The van der Waals surface area contributed by atoms with E-state index >= 15 is 0 Å². The van der Waals surface area contributed by atoms with Crippen molar-refractivity contribution >= 4 is 17.5 Å². The molecule has 3 aromatic carbocycles. The fourth-order valence-electron chi connectivity index (χ4n) is 2.79. The number of carbonyl (C=O) groups excluding carboxylic acids is 2. The van der Waals surface area contributed by atoms with Crippen LogP contribution < -0.4 is 20.1 Å². The first-order valence-electron chi connectivity index (χ1n) is 9.59. The fourth-order valence-corrected chi connectivity index (χ4v) is 2.79. The molecule has 0 heterocycles. The first-order valence-corrected chi connectivity index (χ1v) is 9.59. The Hall–Kier alpha value is -3.80. The summed E-state index contributed by atoms with van der Waals surface area (Å²) in [4.78, 5) is 25.1. The molecule has 0 fully saturated rings. The molecular weight excluding hydrogens is 380 g/mol. The molecule has 0 radical (unpaired) electrons. The Morgan fingerprint density at radius 1 is 0.900 bits per heavy atom. The summed E-state index contributed by atoms with van der Waals surface area (Å²) in [6, 6.07) is 23.5. The molecular formula is C24H24N2O4. The Labute approximate surface area is 175 Å². The number of nitrogens with one attached hydrogen (secondary N) is 2. The smallest absolute Gasteiger partial charge is 0.265 e. The van der Waals surface area contributed by atoms with Gasteiger partial charge in [-0.1, -0.05) is 42.5 Å². The van der Waals surface area contributed by atoms with Crippen molar-refractivity contribution in [2.45, 2.75) is 19.6 Å². The fraction of sp³-hybridized carbons (Fsp3) is 0.167. The van der Waals surface area contributed by atoms with E-state index in [9.17, 15) is 9.59 Å². The summed E-state index contributed by atoms with van der Waals surface area (Å²) in [7, 11) is 1.58. The number of rotatable bonds is 8. The van der Waals surface area contributed by atoms with Crippen LogP contribution in [0.3, 0.4) is 0 Å². The summed E-state index contributed by atoms with van der Waals surface area (Å²) in [6.45, 7) is 2.04. The van der Waals surface area contributed by atoms with Crippen molar-refractivity contribution in [3.63, 3.8) is 0 Å². The number of anilines is 1. The highest BCUT2D eigenvalue weighted by atomic mass is 16.5. The third-order valence-corrected chi connectivity index (χ3v) is 4.46. The minimum Gasteiger partial charge on any atom is -0.497 e. The average molecular weight is 404 g/mol. The van der Waals surface area contributed by atoms with E-state index in [2.05, 4.69) is 10.6 Å². The second-order valence-corrected chi connectivity index (χ2v) is 6.64. The van der Waals surface area contributed by atoms with Crippen molar-refractivity contribution in [2.24, 2.45) is 0 Å². The van der Waals surface area contributed by atoms with E-state index in [0.717, 1.165) is 5.56 Å². The molecule has 6 nitrogen and oxygen atoms in total. The number of ether oxygens (including phenoxy) is 2. The van der Waals surface area contributed by atoms with Gasteiger partial charge in [-0.2, -0.15) is 0 Å². The summed E-state index contributed by atoms with van der Waals surface area (Å²) >= 11 is 0. The zero-order chi connectivity index (χ0) is 21.3. The van der Waals surface area contributed by atoms with E-state index in [4.69, 9.17) is 9.47 Å². The van der Waals surface area contributed by atoms with Gasteiger partial charge in [0.1, 0.15) is 11.5 Å². The van der Waals surface area contributed by atoms with Gasteiger partial charge in [-0.05, 0) is 48.9 Å². The summed E-state index contributed by atoms with van der Waals surface area (Å²) in [5, 5.41) is 5.67. The van der Waals surface area contributed by atoms with E-state index in [0.29, 0.717) is 29.3 Å². The third kappa shape index (κ3) is 5.61. The molecule has 0 saturated carbocycles. The largest absolute Gasteiger partial charge is 0.497 e. The van der Waals surface area contributed by atoms with Gasteiger partial charge in [0.2, 0.25) is 0 Å². The minimum atomic E-state index is -0.796. The van der Waals surface area contributed by atoms with Gasteiger partial charge in [0.05, 0.1) is 12.7 Å². The van der Waals surface area contributed by atoms with Crippen LogP contribution in [0.2, 0.25) is 0 Å². The lowest BCUT2D eigenvalue weighted by Crippen LogP contribution is -2.31. The lowest BCUT2D eigenvalue weighted by molar-refractivity contribution is -0.122. The molecule has 0 saturated heterocycles. The molecule has 2 amide bonds. The Kier molecular flexibility index (Phi) is 7.05. The van der Waals surface area contributed by atoms with Gasteiger partial charge in [0, 0.05) is 12.2 Å². The SMILES string of the molecule is COc1ccc(NC(=O)[C@@H](C)Oc2ccccc2C(=O)NCc2ccccc2)cc1. The zero-order valence-electron chi connectivity index (χ0n) is 16.9. The molecule has 30 heavy (non-hydrogen) atoms. The number of methoxy groups -OCH3 is 1. The van der Waals surface area contributed by atoms with Gasteiger partial charge in [-0.15, -0.1) is 0 Å². The number of hydrogen-bond donors (Lipinski definition) is 2. The molecule has 3 aromatic rings. The van der Waals surface area contributed by atoms with Crippen molar-refractivity contribution in [3.05, 3.63) is 90.0 Å². The van der Waals surface area contributed by atoms with Crippen LogP contribution in [0.5, 0.6) is 11.5 Å². The first-order chi connectivity index (χ1) is 14.6. The van der Waals surface area contributed by atoms with Crippen LogP contribution >= 0.6 is 0 Å². The van der Waals surface area contributed by atoms with E-state index in [1.54, 1.807) is 62.6 Å². The zero-order valence-corrected chi connectivity index (χ0v) is 16.9. The Morgan fingerprint density at radius 3 is 2.27 bits per heavy atom. The molecule has 1 atom stereocenters. The number of amides is 2. The summed E-state index contributed by atoms with van der Waals surface area (Å²) in [5.74, 6) is 0.463. The highest BCUT2D eigenvalue weighted by Gasteiger charge is 2.19. The number of para-hydroxylation sites is 1. The van der Waals surface area contributed by atoms with Crippen LogP contribution in [-0.4, -0.2) is 25.0 Å². The average Bonchev–Trinajstić information content (AvgIpc) is 2.79. The summed E-state index contributed by atoms with van der Waals surface area (Å²) in [5.41, 5.74) is 2.00. The molecule has 0 aliphatic carbocycles. The summed E-state index contributed by atoms with van der Waals surface area (Å²) < 4.78 is 10.9. The second-order valence-electron chi connectivity index (χ2n) is 6.64. The quantitative estimate of drug-likeness (QED) is 0.594. The maximum Gasteiger partial charge on any atom is 0.265 e. The van der Waals surface area contributed by atoms with Crippen molar-refractivity contribution in [3.8, 4) is 11.5 Å². The normalized spacial score (nSPS) is 11.3. The van der Waals surface area contributed by atoms with Crippen LogP contribution in [0, 0.1) is 0 Å². The standard InChI is InChI=1S/C24H24N2O4/c1-17(23(27)26-19-12-14-20(29-2)15-13-19)30-22-11-7-6-10-21(22)24(28)25-16-18-8-4-3-5-9-18/h3-15,17H,16H2,1-2H3,(H,25,28)(H,26,27)/t17-/m1/s1. The monoisotopic (exact) mass is 404 g/mol. The Balaban J connectivity index is 1.62. The molecule has 0 bridgehead atoms. The van der Waals surface area contributed by atoms with Crippen molar-refractivity contribution in [1.29, 1.82) is 0 Å². The molecule has 3 rings (SSSR count). The van der Waals surface area contributed by atoms with E-state index in [1.165, 1.54) is 0 Å². The maximum atomic E-state index is 12.6. The number of hydrogen-bond acceptors (Lipinski definition) is 4. The lowest BCUT2D eigenvalue weighted by atomic mass is 10.1. The Bertz CT molecular complexity index is 988. The van der Waals surface area contributed by atoms with Crippen LogP contribution in [0.15, 0.2) is 78.9 Å². The third-order valence-electron chi connectivity index (χ3n) is 4.46. The molecule has 6 heteroatoms. The topological polar surface area (TPSA) is 76.7 Å². The molecule has 0 aromatic heterocycles. The molecule has 0 spiro atoms. The Morgan fingerprint density at radius 2 is 1.57 bits per heavy atom. The second kappa shape index (κ2) is 10.1. The highest BCUT2D eigenvalue weighted by molar-refractivity contribution is 5.97. The van der Waals surface area contributed by atoms with Crippen molar-refractivity contribution in [1.82, 2.24) is 5.32 Å². The molecule has 0 aliphatic heterocycles. The van der Waals surface area contributed by atoms with Crippen LogP contribution in [0.1, 0.15) is 22.8 Å². The predicted octanol–water partition coefficient (Wildman–Crippen LogP) is 4.03. The van der Waals surface area contributed by atoms with Gasteiger partial charge in [-0.3, -0.25) is 9.59 Å². The molecule has 0 unspecified atom stereocenters. The molecule has 2 N–H and O–H groups in total. The maximum absolute atomic E-state index is 12.6. The van der Waals surface area contributed by atoms with Crippen molar-refractivity contribution < 1.29 is 19.1 Å².